The average Bonchev–Trinajstić information content (AvgIpc) is 2.45. The van der Waals surface area contributed by atoms with Crippen LogP contribution >= 0.6 is 0 Å². The molecule has 0 aliphatic heterocycles. The molecule has 0 aromatic rings. The van der Waals surface area contributed by atoms with Gasteiger partial charge in [0, 0.05) is 12.1 Å². The molecule has 2 N–H and O–H groups in total. The van der Waals surface area contributed by atoms with Crippen LogP contribution < -0.4 is 5.73 Å². The Morgan fingerprint density at radius 1 is 1.14 bits per heavy atom. The lowest BCUT2D eigenvalue weighted by Crippen LogP contribution is -2.59. The Bertz CT molecular complexity index is 185. The average molecular weight is 198 g/mol. The zero-order chi connectivity index (χ0) is 10.8. The van der Waals surface area contributed by atoms with E-state index in [0.717, 1.165) is 19.6 Å². The Hall–Kier alpha value is -0.0800. The van der Waals surface area contributed by atoms with Crippen molar-refractivity contribution in [3.63, 3.8) is 0 Å². The molecule has 0 bridgehead atoms. The molecular weight excluding hydrogens is 172 g/mol. The van der Waals surface area contributed by atoms with Crippen LogP contribution in [0.3, 0.4) is 0 Å². The first kappa shape index (κ1) is 12.0. The molecule has 1 atom stereocenters. The molecule has 0 aromatic heterocycles. The molecule has 1 aliphatic rings. The number of hydrogen-bond donors (Lipinski definition) is 1. The monoisotopic (exact) mass is 198 g/mol. The summed E-state index contributed by atoms with van der Waals surface area (Å²) in [4.78, 5) is 2.57. The van der Waals surface area contributed by atoms with Crippen molar-refractivity contribution in [2.24, 2.45) is 11.1 Å². The molecule has 0 amide bonds. The first-order chi connectivity index (χ1) is 6.54. The van der Waals surface area contributed by atoms with E-state index in [2.05, 4.69) is 32.6 Å². The third-order valence-corrected chi connectivity index (χ3v) is 4.36. The summed E-state index contributed by atoms with van der Waals surface area (Å²) in [6.45, 7) is 12.3. The molecule has 0 spiro atoms. The molecular formula is C12H26N2. The van der Waals surface area contributed by atoms with Crippen molar-refractivity contribution < 1.29 is 0 Å². The van der Waals surface area contributed by atoms with Crippen LogP contribution in [0.1, 0.15) is 47.0 Å². The van der Waals surface area contributed by atoms with E-state index < -0.39 is 0 Å². The highest BCUT2D eigenvalue weighted by Crippen LogP contribution is 2.48. The Kier molecular flexibility index (Phi) is 3.59. The largest absolute Gasteiger partial charge is 0.329 e. The molecule has 84 valence electrons. The summed E-state index contributed by atoms with van der Waals surface area (Å²) >= 11 is 0. The van der Waals surface area contributed by atoms with Crippen molar-refractivity contribution in [1.82, 2.24) is 4.90 Å². The van der Waals surface area contributed by atoms with E-state index in [1.54, 1.807) is 0 Å². The van der Waals surface area contributed by atoms with Gasteiger partial charge in [-0.05, 0) is 31.3 Å². The van der Waals surface area contributed by atoms with E-state index in [-0.39, 0.29) is 5.54 Å². The molecule has 1 unspecified atom stereocenters. The van der Waals surface area contributed by atoms with Gasteiger partial charge < -0.3 is 5.73 Å². The van der Waals surface area contributed by atoms with Gasteiger partial charge in [0.1, 0.15) is 0 Å². The molecule has 1 rings (SSSR count). The topological polar surface area (TPSA) is 29.3 Å². The molecule has 0 saturated heterocycles. The summed E-state index contributed by atoms with van der Waals surface area (Å²) < 4.78 is 0. The minimum atomic E-state index is 0.260. The Balaban J connectivity index is 2.95. The second-order valence-corrected chi connectivity index (χ2v) is 5.15. The van der Waals surface area contributed by atoms with Gasteiger partial charge in [-0.2, -0.15) is 0 Å². The van der Waals surface area contributed by atoms with Gasteiger partial charge in [0.15, 0.2) is 0 Å². The van der Waals surface area contributed by atoms with Crippen molar-refractivity contribution in [3.05, 3.63) is 0 Å². The highest BCUT2D eigenvalue weighted by atomic mass is 15.2. The zero-order valence-corrected chi connectivity index (χ0v) is 10.3. The predicted octanol–water partition coefficient (Wildman–Crippen LogP) is 2.24. The van der Waals surface area contributed by atoms with Gasteiger partial charge >= 0.3 is 0 Å². The highest BCUT2D eigenvalue weighted by Gasteiger charge is 2.50. The predicted molar refractivity (Wildman–Crippen MR) is 62.3 cm³/mol. The fourth-order valence-electron chi connectivity index (χ4n) is 3.32. The van der Waals surface area contributed by atoms with Crippen LogP contribution in [0.25, 0.3) is 0 Å². The highest BCUT2D eigenvalue weighted by molar-refractivity contribution is 5.06. The maximum absolute atomic E-state index is 6.05. The summed E-state index contributed by atoms with van der Waals surface area (Å²) in [7, 11) is 0. The van der Waals surface area contributed by atoms with Gasteiger partial charge in [-0.25, -0.2) is 0 Å². The standard InChI is InChI=1S/C12H26N2/c1-5-14(6-2)12(10-13)9-7-8-11(12,3)4/h5-10,13H2,1-4H3. The minimum absolute atomic E-state index is 0.260. The van der Waals surface area contributed by atoms with E-state index >= 15 is 0 Å². The van der Waals surface area contributed by atoms with E-state index in [4.69, 9.17) is 5.73 Å². The van der Waals surface area contributed by atoms with Crippen molar-refractivity contribution in [2.45, 2.75) is 52.5 Å². The smallest absolute Gasteiger partial charge is 0.0382 e. The van der Waals surface area contributed by atoms with E-state index in [0.29, 0.717) is 5.41 Å². The summed E-state index contributed by atoms with van der Waals surface area (Å²) in [5, 5.41) is 0. The molecule has 2 nitrogen and oxygen atoms in total. The van der Waals surface area contributed by atoms with Crippen molar-refractivity contribution >= 4 is 0 Å². The minimum Gasteiger partial charge on any atom is -0.329 e. The Morgan fingerprint density at radius 2 is 1.71 bits per heavy atom. The third-order valence-electron chi connectivity index (χ3n) is 4.36. The third kappa shape index (κ3) is 1.59. The summed E-state index contributed by atoms with van der Waals surface area (Å²) in [6.07, 6.45) is 3.93. The maximum Gasteiger partial charge on any atom is 0.0382 e. The molecule has 0 radical (unpaired) electrons. The van der Waals surface area contributed by atoms with Gasteiger partial charge in [0.25, 0.3) is 0 Å². The Labute approximate surface area is 88.8 Å². The fraction of sp³-hybridized carbons (Fsp3) is 1.00. The van der Waals surface area contributed by atoms with Crippen molar-refractivity contribution in [3.8, 4) is 0 Å². The van der Waals surface area contributed by atoms with E-state index in [1.165, 1.54) is 19.3 Å². The number of nitrogens with two attached hydrogens (primary N) is 1. The first-order valence-corrected chi connectivity index (χ1v) is 5.99. The summed E-state index contributed by atoms with van der Waals surface area (Å²) in [6, 6.07) is 0. The lowest BCUT2D eigenvalue weighted by molar-refractivity contribution is 0.0206. The molecule has 1 saturated carbocycles. The van der Waals surface area contributed by atoms with Crippen molar-refractivity contribution in [2.75, 3.05) is 19.6 Å². The van der Waals surface area contributed by atoms with Crippen LogP contribution in [-0.2, 0) is 0 Å². The quantitative estimate of drug-likeness (QED) is 0.750. The molecule has 0 aromatic carbocycles. The zero-order valence-electron chi connectivity index (χ0n) is 10.3. The van der Waals surface area contributed by atoms with E-state index in [1.807, 2.05) is 0 Å². The van der Waals surface area contributed by atoms with Gasteiger partial charge in [0.2, 0.25) is 0 Å². The van der Waals surface area contributed by atoms with Gasteiger partial charge in [-0.3, -0.25) is 4.90 Å². The normalized spacial score (nSPS) is 31.3. The van der Waals surface area contributed by atoms with Crippen LogP contribution in [0, 0.1) is 5.41 Å². The Morgan fingerprint density at radius 3 is 2.00 bits per heavy atom. The van der Waals surface area contributed by atoms with Crippen LogP contribution in [0.15, 0.2) is 0 Å². The van der Waals surface area contributed by atoms with E-state index in [9.17, 15) is 0 Å². The number of likely N-dealkylation sites (N-methyl/N-ethyl adjacent to an activating group) is 1. The van der Waals surface area contributed by atoms with Gasteiger partial charge in [0.05, 0.1) is 0 Å². The van der Waals surface area contributed by atoms with Crippen LogP contribution in [0.2, 0.25) is 0 Å². The second kappa shape index (κ2) is 4.19. The van der Waals surface area contributed by atoms with Crippen LogP contribution in [0.5, 0.6) is 0 Å². The summed E-state index contributed by atoms with van der Waals surface area (Å²) in [5.74, 6) is 0. The van der Waals surface area contributed by atoms with Crippen molar-refractivity contribution in [1.29, 1.82) is 0 Å². The number of hydrogen-bond acceptors (Lipinski definition) is 2. The number of rotatable bonds is 4. The molecule has 0 heterocycles. The molecule has 1 aliphatic carbocycles. The second-order valence-electron chi connectivity index (χ2n) is 5.15. The molecule has 2 heteroatoms. The first-order valence-electron chi connectivity index (χ1n) is 5.99. The lowest BCUT2D eigenvalue weighted by Gasteiger charge is -2.49. The maximum atomic E-state index is 6.05. The molecule has 1 fully saturated rings. The lowest BCUT2D eigenvalue weighted by atomic mass is 9.73. The summed E-state index contributed by atoms with van der Waals surface area (Å²) in [5.41, 5.74) is 6.70. The number of nitrogens with zero attached hydrogens (tertiary/aromatic N) is 1. The van der Waals surface area contributed by atoms with Gasteiger partial charge in [-0.1, -0.05) is 34.1 Å². The van der Waals surface area contributed by atoms with Crippen LogP contribution in [0.4, 0.5) is 0 Å². The molecule has 14 heavy (non-hydrogen) atoms. The SMILES string of the molecule is CCN(CC)C1(CN)CCCC1(C)C. The van der Waals surface area contributed by atoms with Gasteiger partial charge in [-0.15, -0.1) is 0 Å². The van der Waals surface area contributed by atoms with Crippen LogP contribution in [-0.4, -0.2) is 30.1 Å². The fourth-order valence-corrected chi connectivity index (χ4v) is 3.32.